The second-order valence-electron chi connectivity index (χ2n) is 6.10. The molecule has 3 heteroatoms. The number of nitrogens with zero attached hydrogens (tertiary/aromatic N) is 1. The van der Waals surface area contributed by atoms with Gasteiger partial charge in [-0.05, 0) is 30.6 Å². The monoisotopic (exact) mass is 225 g/mol. The van der Waals surface area contributed by atoms with E-state index < -0.39 is 0 Å². The fourth-order valence-electron chi connectivity index (χ4n) is 2.44. The number of carbonyl (C=O) groups is 1. The minimum absolute atomic E-state index is 0.0345. The fraction of sp³-hybridized carbons (Fsp3) is 0.923. The Morgan fingerprint density at radius 1 is 1.44 bits per heavy atom. The largest absolute Gasteiger partial charge is 0.391 e. The average molecular weight is 225 g/mol. The highest BCUT2D eigenvalue weighted by molar-refractivity contribution is 5.76. The first-order chi connectivity index (χ1) is 7.49. The van der Waals surface area contributed by atoms with Crippen molar-refractivity contribution in [3.8, 4) is 0 Å². The summed E-state index contributed by atoms with van der Waals surface area (Å²) >= 11 is 0. The van der Waals surface area contributed by atoms with Crippen LogP contribution in [0.5, 0.6) is 0 Å². The molecule has 1 atom stereocenters. The second kappa shape index (κ2) is 4.36. The minimum Gasteiger partial charge on any atom is -0.391 e. The molecule has 1 saturated carbocycles. The van der Waals surface area contributed by atoms with Gasteiger partial charge in [-0.25, -0.2) is 0 Å². The van der Waals surface area contributed by atoms with Crippen molar-refractivity contribution in [2.75, 3.05) is 13.1 Å². The molecule has 2 aliphatic rings. The van der Waals surface area contributed by atoms with E-state index in [1.54, 1.807) is 0 Å². The van der Waals surface area contributed by atoms with Crippen LogP contribution in [0.2, 0.25) is 0 Å². The van der Waals surface area contributed by atoms with Crippen LogP contribution >= 0.6 is 0 Å². The second-order valence-corrected chi connectivity index (χ2v) is 6.10. The molecule has 0 aromatic rings. The van der Waals surface area contributed by atoms with E-state index in [0.29, 0.717) is 18.9 Å². The maximum atomic E-state index is 12.0. The number of likely N-dealkylation sites (tertiary alicyclic amines) is 1. The Labute approximate surface area is 97.8 Å². The Kier molecular flexibility index (Phi) is 3.24. The van der Waals surface area contributed by atoms with Gasteiger partial charge in [0.25, 0.3) is 0 Å². The van der Waals surface area contributed by atoms with E-state index in [2.05, 4.69) is 13.8 Å². The van der Waals surface area contributed by atoms with E-state index in [1.165, 1.54) is 19.3 Å². The molecule has 1 N–H and O–H groups in total. The van der Waals surface area contributed by atoms with Crippen LogP contribution in [0.15, 0.2) is 0 Å². The number of hydrogen-bond donors (Lipinski definition) is 1. The number of hydrogen-bond acceptors (Lipinski definition) is 2. The van der Waals surface area contributed by atoms with Gasteiger partial charge in [-0.3, -0.25) is 4.79 Å². The third-order valence-corrected chi connectivity index (χ3v) is 4.36. The van der Waals surface area contributed by atoms with E-state index in [1.807, 2.05) is 4.90 Å². The topological polar surface area (TPSA) is 40.5 Å². The molecule has 0 spiro atoms. The lowest BCUT2D eigenvalue weighted by Crippen LogP contribution is -2.50. The molecule has 0 radical (unpaired) electrons. The summed E-state index contributed by atoms with van der Waals surface area (Å²) in [6, 6.07) is 0. The molecule has 92 valence electrons. The van der Waals surface area contributed by atoms with Gasteiger partial charge < -0.3 is 10.0 Å². The molecule has 0 aromatic heterocycles. The zero-order valence-electron chi connectivity index (χ0n) is 10.4. The van der Waals surface area contributed by atoms with Crippen molar-refractivity contribution in [2.45, 2.75) is 52.1 Å². The first-order valence-electron chi connectivity index (χ1n) is 6.45. The molecule has 0 bridgehead atoms. The Bertz CT molecular complexity index is 271. The van der Waals surface area contributed by atoms with Crippen molar-refractivity contribution in [1.29, 1.82) is 0 Å². The number of amides is 1. The smallest absolute Gasteiger partial charge is 0.222 e. The van der Waals surface area contributed by atoms with E-state index in [0.717, 1.165) is 13.0 Å². The molecular weight excluding hydrogens is 202 g/mol. The van der Waals surface area contributed by atoms with E-state index in [-0.39, 0.29) is 17.4 Å². The van der Waals surface area contributed by atoms with Gasteiger partial charge >= 0.3 is 0 Å². The zero-order valence-corrected chi connectivity index (χ0v) is 10.4. The summed E-state index contributed by atoms with van der Waals surface area (Å²) in [5, 5.41) is 9.97. The summed E-state index contributed by atoms with van der Waals surface area (Å²) in [5.74, 6) is 0.874. The molecule has 1 unspecified atom stereocenters. The number of piperidine rings is 1. The lowest BCUT2D eigenvalue weighted by molar-refractivity contribution is -0.139. The van der Waals surface area contributed by atoms with E-state index in [4.69, 9.17) is 0 Å². The molecular formula is C13H23NO2. The molecule has 1 heterocycles. The van der Waals surface area contributed by atoms with E-state index >= 15 is 0 Å². The molecule has 2 rings (SSSR count). The molecule has 1 aliphatic heterocycles. The maximum absolute atomic E-state index is 12.0. The number of carbonyl (C=O) groups excluding carboxylic acids is 1. The van der Waals surface area contributed by atoms with Crippen molar-refractivity contribution >= 4 is 5.91 Å². The van der Waals surface area contributed by atoms with Gasteiger partial charge in [-0.1, -0.05) is 20.3 Å². The molecule has 1 aliphatic carbocycles. The molecule has 2 fully saturated rings. The minimum atomic E-state index is -0.369. The van der Waals surface area contributed by atoms with Gasteiger partial charge in [-0.2, -0.15) is 0 Å². The molecule has 0 aromatic carbocycles. The fourth-order valence-corrected chi connectivity index (χ4v) is 2.44. The number of rotatable bonds is 2. The van der Waals surface area contributed by atoms with Crippen molar-refractivity contribution in [3.05, 3.63) is 0 Å². The van der Waals surface area contributed by atoms with Gasteiger partial charge in [0.05, 0.1) is 6.10 Å². The number of aliphatic hydroxyl groups is 1. The Hall–Kier alpha value is -0.570. The quantitative estimate of drug-likeness (QED) is 0.778. The average Bonchev–Trinajstić information content (AvgIpc) is 2.15. The molecule has 16 heavy (non-hydrogen) atoms. The van der Waals surface area contributed by atoms with Gasteiger partial charge in [0.1, 0.15) is 0 Å². The summed E-state index contributed by atoms with van der Waals surface area (Å²) in [6.45, 7) is 5.49. The Morgan fingerprint density at radius 2 is 2.12 bits per heavy atom. The Morgan fingerprint density at radius 3 is 2.62 bits per heavy atom. The third kappa shape index (κ3) is 2.40. The lowest BCUT2D eigenvalue weighted by Gasteiger charge is -2.41. The summed E-state index contributed by atoms with van der Waals surface area (Å²) in [4.78, 5) is 13.8. The van der Waals surface area contributed by atoms with Crippen LogP contribution in [0.25, 0.3) is 0 Å². The van der Waals surface area contributed by atoms with Gasteiger partial charge in [0.2, 0.25) is 5.91 Å². The van der Waals surface area contributed by atoms with Crippen LogP contribution in [-0.4, -0.2) is 35.1 Å². The highest BCUT2D eigenvalue weighted by Gasteiger charge is 2.36. The molecule has 1 amide bonds. The molecule has 3 nitrogen and oxygen atoms in total. The lowest BCUT2D eigenvalue weighted by atomic mass is 9.79. The van der Waals surface area contributed by atoms with Crippen molar-refractivity contribution in [2.24, 2.45) is 11.3 Å². The Balaban J connectivity index is 1.84. The maximum Gasteiger partial charge on any atom is 0.222 e. The first-order valence-corrected chi connectivity index (χ1v) is 6.45. The van der Waals surface area contributed by atoms with Crippen LogP contribution < -0.4 is 0 Å². The van der Waals surface area contributed by atoms with E-state index in [9.17, 15) is 9.90 Å². The molecule has 1 saturated heterocycles. The predicted molar refractivity (Wildman–Crippen MR) is 62.9 cm³/mol. The standard InChI is InChI=1S/C13H23NO2/c1-13(2)6-7-14(9-11(13)15)12(16)8-10-4-3-5-10/h10-11,15H,3-9H2,1-2H3. The van der Waals surface area contributed by atoms with Crippen molar-refractivity contribution in [1.82, 2.24) is 4.90 Å². The summed E-state index contributed by atoms with van der Waals surface area (Å²) in [5.41, 5.74) is -0.0345. The first kappa shape index (κ1) is 11.9. The van der Waals surface area contributed by atoms with Gasteiger partial charge in [0.15, 0.2) is 0 Å². The zero-order chi connectivity index (χ0) is 11.8. The third-order valence-electron chi connectivity index (χ3n) is 4.36. The number of aliphatic hydroxyl groups excluding tert-OH is 1. The highest BCUT2D eigenvalue weighted by Crippen LogP contribution is 2.33. The van der Waals surface area contributed by atoms with Gasteiger partial charge in [0, 0.05) is 19.5 Å². The predicted octanol–water partition coefficient (Wildman–Crippen LogP) is 1.80. The van der Waals surface area contributed by atoms with Crippen molar-refractivity contribution < 1.29 is 9.90 Å². The normalized spacial score (nSPS) is 29.9. The van der Waals surface area contributed by atoms with Crippen LogP contribution in [0.1, 0.15) is 46.0 Å². The summed E-state index contributed by atoms with van der Waals surface area (Å²) < 4.78 is 0. The number of β-amino-alcohol motifs (C(OH)–C–C–N with tert-alkyl or cyclic N) is 1. The van der Waals surface area contributed by atoms with Crippen LogP contribution in [-0.2, 0) is 4.79 Å². The summed E-state index contributed by atoms with van der Waals surface area (Å²) in [6.07, 6.45) is 4.96. The van der Waals surface area contributed by atoms with Crippen LogP contribution in [0.3, 0.4) is 0 Å². The van der Waals surface area contributed by atoms with Gasteiger partial charge in [-0.15, -0.1) is 0 Å². The van der Waals surface area contributed by atoms with Crippen molar-refractivity contribution in [3.63, 3.8) is 0 Å². The SMILES string of the molecule is CC1(C)CCN(C(=O)CC2CCC2)CC1O. The highest BCUT2D eigenvalue weighted by atomic mass is 16.3. The van der Waals surface area contributed by atoms with Crippen LogP contribution in [0.4, 0.5) is 0 Å². The van der Waals surface area contributed by atoms with Crippen LogP contribution in [0, 0.1) is 11.3 Å². The summed E-state index contributed by atoms with van der Waals surface area (Å²) in [7, 11) is 0.